The van der Waals surface area contributed by atoms with Gasteiger partial charge in [0.1, 0.15) is 34.2 Å². The van der Waals surface area contributed by atoms with Gasteiger partial charge in [0, 0.05) is 6.42 Å². The Morgan fingerprint density at radius 2 is 1.52 bits per heavy atom. The fraction of sp³-hybridized carbons (Fsp3) is 0.350. The average molecular weight is 359 g/mol. The van der Waals surface area contributed by atoms with Gasteiger partial charge < -0.3 is 14.0 Å². The summed E-state index contributed by atoms with van der Waals surface area (Å²) in [6.45, 7) is 6.25. The van der Waals surface area contributed by atoms with Crippen LogP contribution >= 0.6 is 0 Å². The summed E-state index contributed by atoms with van der Waals surface area (Å²) in [5, 5.41) is 0. The van der Waals surface area contributed by atoms with Gasteiger partial charge in [0.2, 0.25) is 0 Å². The maximum absolute atomic E-state index is 11.9. The van der Waals surface area contributed by atoms with E-state index in [0.29, 0.717) is 13.0 Å². The van der Waals surface area contributed by atoms with Crippen LogP contribution < -0.4 is 9.47 Å². The van der Waals surface area contributed by atoms with Crippen molar-refractivity contribution in [2.75, 3.05) is 7.11 Å². The molecule has 0 saturated carbocycles. The highest BCUT2D eigenvalue weighted by Crippen LogP contribution is 2.18. The maximum atomic E-state index is 11.9. The lowest BCUT2D eigenvalue weighted by Gasteiger charge is -2.17. The number of rotatable bonds is 7. The fourth-order valence-electron chi connectivity index (χ4n) is 1.98. The molecule has 0 bridgehead atoms. The number of nitrogens with zero attached hydrogens (tertiary/aromatic N) is 1. The zero-order valence-corrected chi connectivity index (χ0v) is 16.0. The molecule has 0 spiro atoms. The Kier molecular flexibility index (Phi) is 6.91. The molecule has 0 amide bonds. The van der Waals surface area contributed by atoms with E-state index in [1.807, 2.05) is 69.3 Å². The van der Waals surface area contributed by atoms with Crippen LogP contribution in [0.15, 0.2) is 52.9 Å². The number of methoxy groups -OCH3 is 1. The molecular formula is C20H25NO3S. The molecule has 0 aliphatic carbocycles. The third kappa shape index (κ3) is 6.44. The minimum absolute atomic E-state index is 0.324. The van der Waals surface area contributed by atoms with Gasteiger partial charge in [0.15, 0.2) is 0 Å². The molecule has 2 aromatic rings. The Balaban J connectivity index is 1.84. The van der Waals surface area contributed by atoms with Crippen LogP contribution in [0.25, 0.3) is 0 Å². The Bertz CT molecular complexity index is 676. The van der Waals surface area contributed by atoms with E-state index in [2.05, 4.69) is 4.40 Å². The number of ether oxygens (including phenoxy) is 2. The van der Waals surface area contributed by atoms with E-state index in [1.54, 1.807) is 13.3 Å². The molecule has 0 fully saturated rings. The second-order valence-electron chi connectivity index (χ2n) is 6.63. The van der Waals surface area contributed by atoms with E-state index in [-0.39, 0.29) is 4.75 Å². The summed E-state index contributed by atoms with van der Waals surface area (Å²) in [7, 11) is 1.65. The van der Waals surface area contributed by atoms with Gasteiger partial charge in [0.25, 0.3) is 0 Å². The van der Waals surface area contributed by atoms with Crippen molar-refractivity contribution >= 4 is 17.6 Å². The summed E-state index contributed by atoms with van der Waals surface area (Å²) in [4.78, 5) is 0. The third-order valence-corrected chi connectivity index (χ3v) is 4.90. The van der Waals surface area contributed by atoms with Gasteiger partial charge in [-0.2, -0.15) is 0 Å². The van der Waals surface area contributed by atoms with Gasteiger partial charge in [-0.25, -0.2) is 0 Å². The molecule has 0 unspecified atom stereocenters. The maximum Gasteiger partial charge on any atom is 0.144 e. The van der Waals surface area contributed by atoms with Crippen LogP contribution in [0, 0.1) is 0 Å². The molecule has 0 N–H and O–H groups in total. The lowest BCUT2D eigenvalue weighted by atomic mass is 10.1. The topological polar surface area (TPSA) is 53.9 Å². The van der Waals surface area contributed by atoms with Crippen molar-refractivity contribution < 1.29 is 14.0 Å². The number of hydrogen-bond acceptors (Lipinski definition) is 4. The van der Waals surface area contributed by atoms with E-state index in [0.717, 1.165) is 22.6 Å². The first-order valence-electron chi connectivity index (χ1n) is 8.17. The molecule has 0 aromatic heterocycles. The highest BCUT2D eigenvalue weighted by molar-refractivity contribution is 7.91. The first-order chi connectivity index (χ1) is 11.9. The van der Waals surface area contributed by atoms with Crippen LogP contribution in [-0.2, 0) is 24.4 Å². The Morgan fingerprint density at radius 1 is 0.960 bits per heavy atom. The summed E-state index contributed by atoms with van der Waals surface area (Å²) in [5.41, 5.74) is 2.19. The van der Waals surface area contributed by atoms with Crippen molar-refractivity contribution in [1.82, 2.24) is 0 Å². The molecular weight excluding hydrogens is 334 g/mol. The van der Waals surface area contributed by atoms with Gasteiger partial charge in [-0.1, -0.05) is 28.7 Å². The summed E-state index contributed by atoms with van der Waals surface area (Å²) in [6, 6.07) is 15.7. The standard InChI is InChI=1S/C20H25NO3S/c1-20(2,3)25(22)21-14-13-16-5-11-19(12-6-16)24-15-17-7-9-18(23-4)10-8-17/h5-12,14H,13,15H2,1-4H3/t25-/m0/s1. The third-order valence-electron chi connectivity index (χ3n) is 3.51. The molecule has 2 aromatic carbocycles. The van der Waals surface area contributed by atoms with Crippen molar-refractivity contribution in [2.45, 2.75) is 38.5 Å². The van der Waals surface area contributed by atoms with Crippen LogP contribution in [0.5, 0.6) is 11.5 Å². The van der Waals surface area contributed by atoms with Gasteiger partial charge in [-0.3, -0.25) is 0 Å². The quantitative estimate of drug-likeness (QED) is 0.545. The van der Waals surface area contributed by atoms with Crippen molar-refractivity contribution in [1.29, 1.82) is 0 Å². The molecule has 4 nitrogen and oxygen atoms in total. The van der Waals surface area contributed by atoms with E-state index >= 15 is 0 Å². The van der Waals surface area contributed by atoms with Gasteiger partial charge >= 0.3 is 0 Å². The second kappa shape index (κ2) is 8.92. The Hall–Kier alpha value is -1.98. The molecule has 1 atom stereocenters. The molecule has 0 saturated heterocycles. The van der Waals surface area contributed by atoms with Gasteiger partial charge in [-0.05, 0) is 56.2 Å². The van der Waals surface area contributed by atoms with Crippen molar-refractivity contribution in [3.63, 3.8) is 0 Å². The molecule has 0 aliphatic heterocycles. The lowest BCUT2D eigenvalue weighted by Crippen LogP contribution is -2.25. The smallest absolute Gasteiger partial charge is 0.144 e. The summed E-state index contributed by atoms with van der Waals surface area (Å²) >= 11 is -1.21. The monoisotopic (exact) mass is 359 g/mol. The predicted octanol–water partition coefficient (Wildman–Crippen LogP) is 4.35. The van der Waals surface area contributed by atoms with E-state index in [4.69, 9.17) is 9.47 Å². The molecule has 0 heterocycles. The van der Waals surface area contributed by atoms with E-state index in [9.17, 15) is 4.55 Å². The molecule has 2 rings (SSSR count). The molecule has 134 valence electrons. The van der Waals surface area contributed by atoms with Crippen LogP contribution in [0.1, 0.15) is 31.9 Å². The van der Waals surface area contributed by atoms with Crippen molar-refractivity contribution in [2.24, 2.45) is 4.40 Å². The SMILES string of the molecule is COc1ccc(COc2ccc(CC=N[S@@+]([O-])C(C)(C)C)cc2)cc1. The van der Waals surface area contributed by atoms with Gasteiger partial charge in [-0.15, -0.1) is 0 Å². The number of hydrogen-bond donors (Lipinski definition) is 0. The second-order valence-corrected chi connectivity index (χ2v) is 8.57. The normalized spacial score (nSPS) is 13.0. The summed E-state index contributed by atoms with van der Waals surface area (Å²) in [6.07, 6.45) is 2.37. The first kappa shape index (κ1) is 19.3. The minimum Gasteiger partial charge on any atom is -0.591 e. The fourth-order valence-corrected chi connectivity index (χ4v) is 2.50. The molecule has 5 heteroatoms. The largest absolute Gasteiger partial charge is 0.591 e. The van der Waals surface area contributed by atoms with Crippen LogP contribution in [0.2, 0.25) is 0 Å². The molecule has 0 radical (unpaired) electrons. The van der Waals surface area contributed by atoms with Crippen molar-refractivity contribution in [3.05, 3.63) is 59.7 Å². The van der Waals surface area contributed by atoms with Crippen molar-refractivity contribution in [3.8, 4) is 11.5 Å². The summed E-state index contributed by atoms with van der Waals surface area (Å²) < 4.78 is 26.6. The summed E-state index contributed by atoms with van der Waals surface area (Å²) in [5.74, 6) is 1.65. The van der Waals surface area contributed by atoms with Gasteiger partial charge in [0.05, 0.1) is 13.3 Å². The molecule has 25 heavy (non-hydrogen) atoms. The zero-order valence-electron chi connectivity index (χ0n) is 15.2. The molecule has 0 aliphatic rings. The Labute approximate surface area is 153 Å². The van der Waals surface area contributed by atoms with Crippen LogP contribution in [0.4, 0.5) is 0 Å². The van der Waals surface area contributed by atoms with Crippen LogP contribution in [-0.4, -0.2) is 22.6 Å². The lowest BCUT2D eigenvalue weighted by molar-refractivity contribution is 0.306. The number of benzene rings is 2. The van der Waals surface area contributed by atoms with E-state index < -0.39 is 11.4 Å². The average Bonchev–Trinajstić information content (AvgIpc) is 2.60. The highest BCUT2D eigenvalue weighted by Gasteiger charge is 2.25. The van der Waals surface area contributed by atoms with E-state index in [1.165, 1.54) is 0 Å². The Morgan fingerprint density at radius 3 is 2.08 bits per heavy atom. The van der Waals surface area contributed by atoms with Crippen LogP contribution in [0.3, 0.4) is 0 Å². The zero-order chi connectivity index (χ0) is 18.3. The minimum atomic E-state index is -1.21. The first-order valence-corrected chi connectivity index (χ1v) is 9.28. The predicted molar refractivity (Wildman–Crippen MR) is 104 cm³/mol. The highest BCUT2D eigenvalue weighted by atomic mass is 32.2.